The monoisotopic (exact) mass is 181 g/mol. The van der Waals surface area contributed by atoms with Crippen LogP contribution in [0.25, 0.3) is 0 Å². The lowest BCUT2D eigenvalue weighted by Gasteiger charge is -2.25. The van der Waals surface area contributed by atoms with Gasteiger partial charge in [0.15, 0.2) is 0 Å². The Kier molecular flexibility index (Phi) is 5.53. The molecule has 3 N–H and O–H groups in total. The van der Waals surface area contributed by atoms with Gasteiger partial charge in [0.25, 0.3) is 0 Å². The number of hydrogen-bond acceptors (Lipinski definition) is 2. The summed E-state index contributed by atoms with van der Waals surface area (Å²) in [5.74, 6) is -0.831. The predicted octanol–water partition coefficient (Wildman–Crippen LogP) is 1.26. The highest BCUT2D eigenvalue weighted by molar-refractivity contribution is 5.85. The molecule has 0 amide bonds. The maximum Gasteiger partial charge on any atom is 0.304 e. The molecule has 0 aliphatic heterocycles. The Hall–Kier alpha value is -0.280. The largest absolute Gasteiger partial charge is 0.481 e. The minimum atomic E-state index is -0.831. The van der Waals surface area contributed by atoms with Crippen molar-refractivity contribution >= 4 is 18.4 Å². The molecule has 0 heterocycles. The normalized spacial score (nSPS) is 13.5. The van der Waals surface area contributed by atoms with E-state index < -0.39 is 5.97 Å². The summed E-state index contributed by atoms with van der Waals surface area (Å²) in [4.78, 5) is 10.2. The molecular formula is C7H16ClNO2. The van der Waals surface area contributed by atoms with E-state index in [2.05, 4.69) is 0 Å². The molecule has 0 rings (SSSR count). The van der Waals surface area contributed by atoms with Crippen LogP contribution in [-0.2, 0) is 4.79 Å². The number of carboxylic acids is 1. The minimum absolute atomic E-state index is 0. The molecule has 0 radical (unpaired) electrons. The van der Waals surface area contributed by atoms with Crippen molar-refractivity contribution in [3.63, 3.8) is 0 Å². The number of carboxylic acid groups (broad SMARTS) is 1. The van der Waals surface area contributed by atoms with Crippen molar-refractivity contribution in [1.82, 2.24) is 0 Å². The summed E-state index contributed by atoms with van der Waals surface area (Å²) in [7, 11) is 0. The molecule has 0 aromatic carbocycles. The zero-order chi connectivity index (χ0) is 8.36. The summed E-state index contributed by atoms with van der Waals surface area (Å²) in [6.07, 6.45) is 0.0451. The van der Waals surface area contributed by atoms with Crippen molar-refractivity contribution in [2.24, 2.45) is 11.1 Å². The molecule has 0 saturated carbocycles. The smallest absolute Gasteiger partial charge is 0.304 e. The van der Waals surface area contributed by atoms with Gasteiger partial charge in [0.1, 0.15) is 0 Å². The van der Waals surface area contributed by atoms with E-state index in [1.54, 1.807) is 0 Å². The van der Waals surface area contributed by atoms with Crippen LogP contribution < -0.4 is 5.73 Å². The van der Waals surface area contributed by atoms with E-state index in [-0.39, 0.29) is 30.3 Å². The van der Waals surface area contributed by atoms with Crippen LogP contribution in [-0.4, -0.2) is 17.1 Å². The third-order valence-electron chi connectivity index (χ3n) is 1.51. The summed E-state index contributed by atoms with van der Waals surface area (Å²) < 4.78 is 0. The molecule has 0 spiro atoms. The van der Waals surface area contributed by atoms with Crippen LogP contribution in [0.2, 0.25) is 0 Å². The fraction of sp³-hybridized carbons (Fsp3) is 0.857. The highest BCUT2D eigenvalue weighted by Crippen LogP contribution is 2.19. The van der Waals surface area contributed by atoms with Crippen molar-refractivity contribution in [1.29, 1.82) is 0 Å². The maximum atomic E-state index is 10.2. The van der Waals surface area contributed by atoms with E-state index in [4.69, 9.17) is 10.8 Å². The summed E-state index contributed by atoms with van der Waals surface area (Å²) in [5, 5.41) is 8.37. The molecule has 0 aromatic heterocycles. The summed E-state index contributed by atoms with van der Waals surface area (Å²) in [6.45, 7) is 5.79. The first-order valence-corrected chi connectivity index (χ1v) is 3.31. The Balaban J connectivity index is 0. The lowest BCUT2D eigenvalue weighted by molar-refractivity contribution is -0.138. The average Bonchev–Trinajstić information content (AvgIpc) is 1.60. The van der Waals surface area contributed by atoms with E-state index in [0.717, 1.165) is 0 Å². The van der Waals surface area contributed by atoms with Crippen LogP contribution in [0.3, 0.4) is 0 Å². The van der Waals surface area contributed by atoms with Crippen molar-refractivity contribution in [3.05, 3.63) is 0 Å². The van der Waals surface area contributed by atoms with Gasteiger partial charge < -0.3 is 10.8 Å². The third kappa shape index (κ3) is 6.13. The first-order chi connectivity index (χ1) is 4.34. The van der Waals surface area contributed by atoms with Gasteiger partial charge in [0.05, 0.1) is 6.42 Å². The molecule has 0 aliphatic carbocycles. The van der Waals surface area contributed by atoms with Gasteiger partial charge in [-0.3, -0.25) is 4.79 Å². The minimum Gasteiger partial charge on any atom is -0.481 e. The topological polar surface area (TPSA) is 63.3 Å². The number of carbonyl (C=O) groups is 1. The summed E-state index contributed by atoms with van der Waals surface area (Å²) in [5.41, 5.74) is 5.46. The lowest BCUT2D eigenvalue weighted by atomic mass is 9.86. The summed E-state index contributed by atoms with van der Waals surface area (Å²) in [6, 6.07) is -0.259. The number of halogens is 1. The van der Waals surface area contributed by atoms with Crippen molar-refractivity contribution in [3.8, 4) is 0 Å². The van der Waals surface area contributed by atoms with Gasteiger partial charge in [0.2, 0.25) is 0 Å². The number of hydrogen-bond donors (Lipinski definition) is 2. The van der Waals surface area contributed by atoms with Gasteiger partial charge >= 0.3 is 5.97 Å². The van der Waals surface area contributed by atoms with E-state index in [1.165, 1.54) is 0 Å². The number of aliphatic carboxylic acids is 1. The number of rotatable bonds is 2. The van der Waals surface area contributed by atoms with Gasteiger partial charge in [-0.15, -0.1) is 12.4 Å². The van der Waals surface area contributed by atoms with Crippen molar-refractivity contribution in [2.45, 2.75) is 33.2 Å². The second kappa shape index (κ2) is 4.57. The van der Waals surface area contributed by atoms with Crippen LogP contribution in [0, 0.1) is 5.41 Å². The van der Waals surface area contributed by atoms with Crippen LogP contribution in [0.15, 0.2) is 0 Å². The fourth-order valence-corrected chi connectivity index (χ4v) is 0.494. The van der Waals surface area contributed by atoms with Crippen LogP contribution in [0.5, 0.6) is 0 Å². The molecule has 1 atom stereocenters. The maximum absolute atomic E-state index is 10.2. The Morgan fingerprint density at radius 1 is 1.55 bits per heavy atom. The molecule has 0 fully saturated rings. The van der Waals surface area contributed by atoms with E-state index in [0.29, 0.717) is 0 Å². The molecule has 0 bridgehead atoms. The van der Waals surface area contributed by atoms with Crippen LogP contribution in [0.4, 0.5) is 0 Å². The Morgan fingerprint density at radius 3 is 2.00 bits per heavy atom. The van der Waals surface area contributed by atoms with Crippen molar-refractivity contribution in [2.75, 3.05) is 0 Å². The summed E-state index contributed by atoms with van der Waals surface area (Å²) >= 11 is 0. The fourth-order valence-electron chi connectivity index (χ4n) is 0.494. The highest BCUT2D eigenvalue weighted by Gasteiger charge is 2.22. The van der Waals surface area contributed by atoms with Gasteiger partial charge in [-0.2, -0.15) is 0 Å². The molecule has 0 aromatic rings. The molecule has 4 heteroatoms. The quantitative estimate of drug-likeness (QED) is 0.674. The van der Waals surface area contributed by atoms with Gasteiger partial charge in [0, 0.05) is 6.04 Å². The van der Waals surface area contributed by atoms with Gasteiger partial charge in [-0.1, -0.05) is 20.8 Å². The molecule has 1 unspecified atom stereocenters. The SMILES string of the molecule is CC(C)(C)C(N)CC(=O)O.Cl. The first-order valence-electron chi connectivity index (χ1n) is 3.31. The molecule has 68 valence electrons. The molecule has 3 nitrogen and oxygen atoms in total. The average molecular weight is 182 g/mol. The zero-order valence-corrected chi connectivity index (χ0v) is 7.94. The zero-order valence-electron chi connectivity index (χ0n) is 7.13. The lowest BCUT2D eigenvalue weighted by Crippen LogP contribution is -2.36. The van der Waals surface area contributed by atoms with Gasteiger partial charge in [-0.25, -0.2) is 0 Å². The molecule has 0 saturated heterocycles. The third-order valence-corrected chi connectivity index (χ3v) is 1.51. The Bertz CT molecular complexity index is 131. The standard InChI is InChI=1S/C7H15NO2.ClH/c1-7(2,3)5(8)4-6(9)10;/h5H,4,8H2,1-3H3,(H,9,10);1H. The molecular weight excluding hydrogens is 166 g/mol. The molecule has 11 heavy (non-hydrogen) atoms. The van der Waals surface area contributed by atoms with Gasteiger partial charge in [-0.05, 0) is 5.41 Å². The number of nitrogens with two attached hydrogens (primary N) is 1. The first kappa shape index (κ1) is 13.3. The second-order valence-electron chi connectivity index (χ2n) is 3.57. The molecule has 0 aliphatic rings. The van der Waals surface area contributed by atoms with E-state index >= 15 is 0 Å². The van der Waals surface area contributed by atoms with Crippen LogP contribution in [0.1, 0.15) is 27.2 Å². The van der Waals surface area contributed by atoms with E-state index in [9.17, 15) is 4.79 Å². The Morgan fingerprint density at radius 2 is 1.91 bits per heavy atom. The Labute approximate surface area is 73.4 Å². The van der Waals surface area contributed by atoms with Crippen molar-refractivity contribution < 1.29 is 9.90 Å². The van der Waals surface area contributed by atoms with Crippen LogP contribution >= 0.6 is 12.4 Å². The van der Waals surface area contributed by atoms with E-state index in [1.807, 2.05) is 20.8 Å². The second-order valence-corrected chi connectivity index (χ2v) is 3.57. The predicted molar refractivity (Wildman–Crippen MR) is 46.9 cm³/mol. The highest BCUT2D eigenvalue weighted by atomic mass is 35.5.